The van der Waals surface area contributed by atoms with Gasteiger partial charge in [0.05, 0.1) is 0 Å². The molecule has 0 saturated heterocycles. The van der Waals surface area contributed by atoms with E-state index in [1.165, 1.54) is 33.1 Å². The molecular weight excluding hydrogens is 352 g/mol. The molecule has 5 rings (SSSR count). The molecule has 132 valence electrons. The first-order valence-corrected chi connectivity index (χ1v) is 8.92. The van der Waals surface area contributed by atoms with Gasteiger partial charge in [-0.2, -0.15) is 4.57 Å². The van der Waals surface area contributed by atoms with Crippen molar-refractivity contribution in [3.8, 4) is 5.69 Å². The van der Waals surface area contributed by atoms with Crippen LogP contribution in [0.2, 0.25) is 0 Å². The summed E-state index contributed by atoms with van der Waals surface area (Å²) in [6, 6.07) is 34.3. The maximum atomic E-state index is 2.34. The molecule has 0 aliphatic rings. The van der Waals surface area contributed by atoms with Crippen LogP contribution in [0.5, 0.6) is 0 Å². The molecule has 2 nitrogen and oxygen atoms in total. The summed E-state index contributed by atoms with van der Waals surface area (Å²) >= 11 is 0. The Morgan fingerprint density at radius 1 is 0.667 bits per heavy atom. The monoisotopic (exact) mass is 370 g/mol. The van der Waals surface area contributed by atoms with Gasteiger partial charge in [-0.15, -0.1) is 0 Å². The van der Waals surface area contributed by atoms with Crippen molar-refractivity contribution in [2.24, 2.45) is 0 Å². The van der Waals surface area contributed by atoms with Gasteiger partial charge in [-0.1, -0.05) is 72.8 Å². The minimum Gasteiger partial charge on any atom is -1.00 e. The van der Waals surface area contributed by atoms with Crippen molar-refractivity contribution in [1.82, 2.24) is 4.57 Å². The first-order chi connectivity index (χ1) is 12.9. The Morgan fingerprint density at radius 2 is 1.37 bits per heavy atom. The number of imidazole rings is 1. The van der Waals surface area contributed by atoms with Gasteiger partial charge in [0.25, 0.3) is 0 Å². The molecule has 0 radical (unpaired) electrons. The number of hydrogen-bond acceptors (Lipinski definition) is 0. The summed E-state index contributed by atoms with van der Waals surface area (Å²) in [6.07, 6.45) is 2.21. The van der Waals surface area contributed by atoms with Crippen LogP contribution in [0.3, 0.4) is 0 Å². The second kappa shape index (κ2) is 7.26. The zero-order chi connectivity index (χ0) is 17.3. The number of rotatable bonds is 3. The number of fused-ring (bicyclic) bond motifs is 2. The molecule has 4 aromatic carbocycles. The molecule has 0 bridgehead atoms. The van der Waals surface area contributed by atoms with Crippen LogP contribution in [0, 0.1) is 0 Å². The normalized spacial score (nSPS) is 10.8. The van der Waals surface area contributed by atoms with Crippen LogP contribution in [0.15, 0.2) is 103 Å². The van der Waals surface area contributed by atoms with Crippen LogP contribution in [0.25, 0.3) is 27.5 Å². The Balaban J connectivity index is 0.00000180. The van der Waals surface area contributed by atoms with Gasteiger partial charge in [0.2, 0.25) is 6.33 Å². The Hall–Kier alpha value is -3.10. The number of nitrogens with zero attached hydrogens (tertiary/aromatic N) is 2. The topological polar surface area (TPSA) is 8.81 Å². The van der Waals surface area contributed by atoms with Gasteiger partial charge in [-0.3, -0.25) is 0 Å². The van der Waals surface area contributed by atoms with Gasteiger partial charge in [-0.25, -0.2) is 4.57 Å². The minimum absolute atomic E-state index is 0. The van der Waals surface area contributed by atoms with Crippen LogP contribution in [0.1, 0.15) is 5.56 Å². The first kappa shape index (κ1) is 17.3. The highest BCUT2D eigenvalue weighted by atomic mass is 35.5. The van der Waals surface area contributed by atoms with Crippen molar-refractivity contribution in [2.75, 3.05) is 0 Å². The van der Waals surface area contributed by atoms with Gasteiger partial charge in [0.15, 0.2) is 11.0 Å². The highest BCUT2D eigenvalue weighted by Crippen LogP contribution is 2.20. The van der Waals surface area contributed by atoms with Crippen molar-refractivity contribution >= 4 is 21.8 Å². The third kappa shape index (κ3) is 3.09. The molecule has 0 N–H and O–H groups in total. The third-order valence-corrected chi connectivity index (χ3v) is 4.96. The molecule has 0 unspecified atom stereocenters. The number of aromatic nitrogens is 2. The van der Waals surface area contributed by atoms with E-state index in [9.17, 15) is 0 Å². The van der Waals surface area contributed by atoms with Crippen molar-refractivity contribution in [1.29, 1.82) is 0 Å². The lowest BCUT2D eigenvalue weighted by Crippen LogP contribution is -3.00. The van der Waals surface area contributed by atoms with Crippen LogP contribution in [0.4, 0.5) is 0 Å². The van der Waals surface area contributed by atoms with E-state index in [1.807, 2.05) is 0 Å². The van der Waals surface area contributed by atoms with Crippen molar-refractivity contribution in [3.05, 3.63) is 109 Å². The summed E-state index contributed by atoms with van der Waals surface area (Å²) in [4.78, 5) is 0. The second-order valence-electron chi connectivity index (χ2n) is 6.58. The van der Waals surface area contributed by atoms with E-state index in [2.05, 4.69) is 113 Å². The van der Waals surface area contributed by atoms with E-state index in [1.54, 1.807) is 0 Å². The molecule has 27 heavy (non-hydrogen) atoms. The summed E-state index contributed by atoms with van der Waals surface area (Å²) in [5.41, 5.74) is 4.98. The van der Waals surface area contributed by atoms with Gasteiger partial charge in [-0.05, 0) is 35.0 Å². The summed E-state index contributed by atoms with van der Waals surface area (Å²) in [5.74, 6) is 0. The summed E-state index contributed by atoms with van der Waals surface area (Å²) < 4.78 is 4.60. The predicted octanol–water partition coefficient (Wildman–Crippen LogP) is 2.12. The second-order valence-corrected chi connectivity index (χ2v) is 6.58. The Labute approximate surface area is 164 Å². The molecule has 0 aliphatic carbocycles. The van der Waals surface area contributed by atoms with E-state index >= 15 is 0 Å². The first-order valence-electron chi connectivity index (χ1n) is 8.92. The SMILES string of the molecule is [Cl-].c1ccc(-n2c[n+](Cc3cccc4ccccc34)c3ccccc32)cc1. The molecule has 1 aromatic heterocycles. The molecule has 0 aliphatic heterocycles. The van der Waals surface area contributed by atoms with Gasteiger partial charge < -0.3 is 12.4 Å². The fraction of sp³-hybridized carbons (Fsp3) is 0.0417. The number of para-hydroxylation sites is 3. The number of halogens is 1. The van der Waals surface area contributed by atoms with Crippen LogP contribution < -0.4 is 17.0 Å². The Bertz CT molecular complexity index is 1200. The van der Waals surface area contributed by atoms with Crippen molar-refractivity contribution in [3.63, 3.8) is 0 Å². The van der Waals surface area contributed by atoms with Crippen LogP contribution in [-0.2, 0) is 6.54 Å². The highest BCUT2D eigenvalue weighted by Gasteiger charge is 2.17. The molecule has 3 heteroatoms. The average Bonchev–Trinajstić information content (AvgIpc) is 3.08. The van der Waals surface area contributed by atoms with E-state index in [0.29, 0.717) is 0 Å². The largest absolute Gasteiger partial charge is 1.00 e. The average molecular weight is 371 g/mol. The molecule has 0 amide bonds. The number of hydrogen-bond donors (Lipinski definition) is 0. The number of benzene rings is 4. The minimum atomic E-state index is 0. The van der Waals surface area contributed by atoms with Gasteiger partial charge >= 0.3 is 0 Å². The highest BCUT2D eigenvalue weighted by molar-refractivity contribution is 5.85. The van der Waals surface area contributed by atoms with Crippen molar-refractivity contribution < 1.29 is 17.0 Å². The zero-order valence-corrected chi connectivity index (χ0v) is 15.6. The Morgan fingerprint density at radius 3 is 2.26 bits per heavy atom. The molecular formula is C24H19ClN2. The molecule has 5 aromatic rings. The lowest BCUT2D eigenvalue weighted by atomic mass is 10.0. The van der Waals surface area contributed by atoms with Crippen LogP contribution in [-0.4, -0.2) is 4.57 Å². The summed E-state index contributed by atoms with van der Waals surface area (Å²) in [6.45, 7) is 0.849. The van der Waals surface area contributed by atoms with Crippen molar-refractivity contribution in [2.45, 2.75) is 6.54 Å². The van der Waals surface area contributed by atoms with E-state index < -0.39 is 0 Å². The molecule has 0 fully saturated rings. The maximum absolute atomic E-state index is 2.34. The Kier molecular flexibility index (Phi) is 4.66. The third-order valence-electron chi connectivity index (χ3n) is 4.96. The smallest absolute Gasteiger partial charge is 0.250 e. The summed E-state index contributed by atoms with van der Waals surface area (Å²) in [5, 5.41) is 2.61. The molecule has 0 saturated carbocycles. The molecule has 0 atom stereocenters. The van der Waals surface area contributed by atoms with Gasteiger partial charge in [0.1, 0.15) is 12.2 Å². The fourth-order valence-electron chi connectivity index (χ4n) is 3.71. The van der Waals surface area contributed by atoms with E-state index in [4.69, 9.17) is 0 Å². The fourth-order valence-corrected chi connectivity index (χ4v) is 3.71. The van der Waals surface area contributed by atoms with Gasteiger partial charge in [0, 0.05) is 5.56 Å². The molecule has 0 spiro atoms. The zero-order valence-electron chi connectivity index (χ0n) is 14.8. The lowest BCUT2D eigenvalue weighted by Gasteiger charge is -2.04. The lowest BCUT2D eigenvalue weighted by molar-refractivity contribution is -0.662. The molecule has 1 heterocycles. The van der Waals surface area contributed by atoms with Crippen LogP contribution >= 0.6 is 0 Å². The van der Waals surface area contributed by atoms with E-state index in [-0.39, 0.29) is 12.4 Å². The maximum Gasteiger partial charge on any atom is 0.250 e. The van der Waals surface area contributed by atoms with E-state index in [0.717, 1.165) is 6.54 Å². The quantitative estimate of drug-likeness (QED) is 0.430. The standard InChI is InChI=1S/C24H19N2.ClH/c1-2-12-21(13-3-1)26-18-25(23-15-6-7-16-24(23)26)17-20-11-8-10-19-9-4-5-14-22(19)20;/h1-16,18H,17H2;1H/q+1;/p-1. The predicted molar refractivity (Wildman–Crippen MR) is 107 cm³/mol. The summed E-state index contributed by atoms with van der Waals surface area (Å²) in [7, 11) is 0.